The molecule has 4 nitrogen and oxygen atoms in total. The molecule has 1 atom stereocenters. The second kappa shape index (κ2) is 6.20. The summed E-state index contributed by atoms with van der Waals surface area (Å²) in [7, 11) is 0. The summed E-state index contributed by atoms with van der Waals surface area (Å²) in [6, 6.07) is 0. The fraction of sp³-hybridized carbons (Fsp3) is 0.765. The van der Waals surface area contributed by atoms with Crippen LogP contribution in [0.5, 0.6) is 0 Å². The first-order valence-corrected chi connectivity index (χ1v) is 8.19. The summed E-state index contributed by atoms with van der Waals surface area (Å²) in [4.78, 5) is 9.47. The number of nitrogens with one attached hydrogen (secondary N) is 2. The minimum atomic E-state index is 0.303. The standard InChI is InChI=1S/C17H30N4/c1-7-18-14-12(3)15(19-10-11(2)17(4,5)6)21-16(20-14)13-8-9-13/h11,13H,7-10H2,1-6H3,(H2,18,19,20,21). The van der Waals surface area contributed by atoms with Crippen LogP contribution in [0.25, 0.3) is 0 Å². The van der Waals surface area contributed by atoms with Crippen molar-refractivity contribution in [3.05, 3.63) is 11.4 Å². The predicted octanol–water partition coefficient (Wildman–Crippen LogP) is 4.19. The van der Waals surface area contributed by atoms with E-state index < -0.39 is 0 Å². The van der Waals surface area contributed by atoms with Gasteiger partial charge in [-0.05, 0) is 38.0 Å². The van der Waals surface area contributed by atoms with Gasteiger partial charge >= 0.3 is 0 Å². The molecule has 1 saturated carbocycles. The van der Waals surface area contributed by atoms with E-state index in [0.29, 0.717) is 17.3 Å². The van der Waals surface area contributed by atoms with Crippen molar-refractivity contribution in [3.63, 3.8) is 0 Å². The number of hydrogen-bond donors (Lipinski definition) is 2. The number of rotatable bonds is 6. The highest BCUT2D eigenvalue weighted by atomic mass is 15.1. The van der Waals surface area contributed by atoms with E-state index in [0.717, 1.165) is 36.1 Å². The van der Waals surface area contributed by atoms with Crippen LogP contribution in [0.15, 0.2) is 0 Å². The molecule has 21 heavy (non-hydrogen) atoms. The van der Waals surface area contributed by atoms with Crippen LogP contribution in [0.1, 0.15) is 64.8 Å². The van der Waals surface area contributed by atoms with Crippen molar-refractivity contribution >= 4 is 11.6 Å². The molecule has 1 aromatic heterocycles. The van der Waals surface area contributed by atoms with Gasteiger partial charge in [0.2, 0.25) is 0 Å². The fourth-order valence-electron chi connectivity index (χ4n) is 2.13. The average Bonchev–Trinajstić information content (AvgIpc) is 3.22. The Bertz CT molecular complexity index is 486. The first-order chi connectivity index (χ1) is 9.82. The van der Waals surface area contributed by atoms with Gasteiger partial charge in [-0.3, -0.25) is 0 Å². The smallest absolute Gasteiger partial charge is 0.136 e. The topological polar surface area (TPSA) is 49.8 Å². The Balaban J connectivity index is 2.17. The molecule has 0 bridgehead atoms. The van der Waals surface area contributed by atoms with Crippen LogP contribution in [0.2, 0.25) is 0 Å². The van der Waals surface area contributed by atoms with E-state index in [2.05, 4.69) is 52.2 Å². The molecule has 0 amide bonds. The lowest BCUT2D eigenvalue weighted by molar-refractivity contribution is 0.274. The number of aromatic nitrogens is 2. The molecule has 1 aliphatic carbocycles. The molecule has 2 rings (SSSR count). The highest BCUT2D eigenvalue weighted by Gasteiger charge is 2.28. The lowest BCUT2D eigenvalue weighted by Gasteiger charge is -2.28. The maximum Gasteiger partial charge on any atom is 0.136 e. The third-order valence-corrected chi connectivity index (χ3v) is 4.50. The lowest BCUT2D eigenvalue weighted by Crippen LogP contribution is -2.25. The van der Waals surface area contributed by atoms with Crippen LogP contribution in [0, 0.1) is 18.3 Å². The van der Waals surface area contributed by atoms with Gasteiger partial charge in [0.15, 0.2) is 0 Å². The fourth-order valence-corrected chi connectivity index (χ4v) is 2.13. The Morgan fingerprint density at radius 3 is 2.19 bits per heavy atom. The summed E-state index contributed by atoms with van der Waals surface area (Å²) in [6.45, 7) is 15.2. The van der Waals surface area contributed by atoms with Gasteiger partial charge < -0.3 is 10.6 Å². The number of anilines is 2. The second-order valence-electron chi connectivity index (χ2n) is 7.36. The molecule has 1 unspecified atom stereocenters. The van der Waals surface area contributed by atoms with Gasteiger partial charge in [-0.2, -0.15) is 0 Å². The van der Waals surface area contributed by atoms with Crippen LogP contribution in [0.3, 0.4) is 0 Å². The van der Waals surface area contributed by atoms with Crippen molar-refractivity contribution in [2.24, 2.45) is 11.3 Å². The third-order valence-electron chi connectivity index (χ3n) is 4.50. The summed E-state index contributed by atoms with van der Waals surface area (Å²) < 4.78 is 0. The van der Waals surface area contributed by atoms with E-state index in [4.69, 9.17) is 9.97 Å². The minimum absolute atomic E-state index is 0.303. The predicted molar refractivity (Wildman–Crippen MR) is 90.0 cm³/mol. The summed E-state index contributed by atoms with van der Waals surface area (Å²) >= 11 is 0. The molecular weight excluding hydrogens is 260 g/mol. The molecule has 0 saturated heterocycles. The summed E-state index contributed by atoms with van der Waals surface area (Å²) in [5.74, 6) is 4.14. The van der Waals surface area contributed by atoms with Crippen molar-refractivity contribution in [3.8, 4) is 0 Å². The first-order valence-electron chi connectivity index (χ1n) is 8.19. The van der Waals surface area contributed by atoms with Gasteiger partial charge in [0, 0.05) is 24.6 Å². The zero-order chi connectivity index (χ0) is 15.6. The summed E-state index contributed by atoms with van der Waals surface area (Å²) in [6.07, 6.45) is 2.46. The van der Waals surface area contributed by atoms with Crippen molar-refractivity contribution in [2.75, 3.05) is 23.7 Å². The van der Waals surface area contributed by atoms with Crippen LogP contribution in [-0.2, 0) is 0 Å². The van der Waals surface area contributed by atoms with Crippen molar-refractivity contribution in [1.82, 2.24) is 9.97 Å². The average molecular weight is 290 g/mol. The number of nitrogens with zero attached hydrogens (tertiary/aromatic N) is 2. The third kappa shape index (κ3) is 4.08. The van der Waals surface area contributed by atoms with Gasteiger partial charge in [0.05, 0.1) is 0 Å². The highest BCUT2D eigenvalue weighted by Crippen LogP contribution is 2.39. The quantitative estimate of drug-likeness (QED) is 0.825. The van der Waals surface area contributed by atoms with Crippen molar-refractivity contribution < 1.29 is 0 Å². The maximum atomic E-state index is 4.77. The van der Waals surface area contributed by atoms with Gasteiger partial charge in [-0.15, -0.1) is 0 Å². The van der Waals surface area contributed by atoms with Gasteiger partial charge in [-0.25, -0.2) is 9.97 Å². The van der Waals surface area contributed by atoms with Crippen LogP contribution in [0.4, 0.5) is 11.6 Å². The Morgan fingerprint density at radius 1 is 1.14 bits per heavy atom. The molecule has 1 heterocycles. The zero-order valence-corrected chi connectivity index (χ0v) is 14.4. The molecule has 0 spiro atoms. The molecule has 118 valence electrons. The Morgan fingerprint density at radius 2 is 1.71 bits per heavy atom. The second-order valence-corrected chi connectivity index (χ2v) is 7.36. The molecule has 2 N–H and O–H groups in total. The highest BCUT2D eigenvalue weighted by molar-refractivity contribution is 5.57. The van der Waals surface area contributed by atoms with E-state index in [-0.39, 0.29) is 0 Å². The van der Waals surface area contributed by atoms with E-state index in [1.165, 1.54) is 12.8 Å². The summed E-state index contributed by atoms with van der Waals surface area (Å²) in [5.41, 5.74) is 1.43. The Kier molecular flexibility index (Phi) is 4.74. The first kappa shape index (κ1) is 16.1. The van der Waals surface area contributed by atoms with Gasteiger partial charge in [0.1, 0.15) is 17.5 Å². The van der Waals surface area contributed by atoms with E-state index in [1.807, 2.05) is 0 Å². The zero-order valence-electron chi connectivity index (χ0n) is 14.4. The molecule has 0 radical (unpaired) electrons. The maximum absolute atomic E-state index is 4.77. The molecule has 1 aliphatic rings. The molecule has 1 fully saturated rings. The van der Waals surface area contributed by atoms with E-state index >= 15 is 0 Å². The Hall–Kier alpha value is -1.32. The molecule has 4 heteroatoms. The van der Waals surface area contributed by atoms with E-state index in [9.17, 15) is 0 Å². The van der Waals surface area contributed by atoms with Gasteiger partial charge in [0.25, 0.3) is 0 Å². The lowest BCUT2D eigenvalue weighted by atomic mass is 9.82. The monoisotopic (exact) mass is 290 g/mol. The van der Waals surface area contributed by atoms with E-state index in [1.54, 1.807) is 0 Å². The van der Waals surface area contributed by atoms with Crippen LogP contribution >= 0.6 is 0 Å². The van der Waals surface area contributed by atoms with Gasteiger partial charge in [-0.1, -0.05) is 27.7 Å². The number of hydrogen-bond acceptors (Lipinski definition) is 4. The molecular formula is C17H30N4. The van der Waals surface area contributed by atoms with Crippen molar-refractivity contribution in [2.45, 2.75) is 60.3 Å². The van der Waals surface area contributed by atoms with Crippen LogP contribution < -0.4 is 10.6 Å². The molecule has 0 aliphatic heterocycles. The van der Waals surface area contributed by atoms with Crippen molar-refractivity contribution in [1.29, 1.82) is 0 Å². The molecule has 0 aromatic carbocycles. The normalized spacial score (nSPS) is 16.7. The molecule has 1 aromatic rings. The minimum Gasteiger partial charge on any atom is -0.370 e. The van der Waals surface area contributed by atoms with Crippen LogP contribution in [-0.4, -0.2) is 23.1 Å². The Labute approximate surface area is 129 Å². The summed E-state index contributed by atoms with van der Waals surface area (Å²) in [5, 5.41) is 6.92. The SMILES string of the molecule is CCNc1nc(C2CC2)nc(NCC(C)C(C)(C)C)c1C. The largest absolute Gasteiger partial charge is 0.370 e.